The van der Waals surface area contributed by atoms with Gasteiger partial charge in [-0.3, -0.25) is 4.90 Å². The fourth-order valence-corrected chi connectivity index (χ4v) is 3.15. The maximum atomic E-state index is 12.0. The first-order valence-electron chi connectivity index (χ1n) is 9.44. The summed E-state index contributed by atoms with van der Waals surface area (Å²) in [5.74, 6) is 0. The summed E-state index contributed by atoms with van der Waals surface area (Å²) in [6, 6.07) is 0. The Kier molecular flexibility index (Phi) is 7.78. The van der Waals surface area contributed by atoms with Gasteiger partial charge >= 0.3 is 6.09 Å². The highest BCUT2D eigenvalue weighted by Crippen LogP contribution is 2.12. The second-order valence-electron chi connectivity index (χ2n) is 7.82. The van der Waals surface area contributed by atoms with Gasteiger partial charge in [0, 0.05) is 39.3 Å². The first-order valence-corrected chi connectivity index (χ1v) is 9.44. The minimum absolute atomic E-state index is 0.195. The number of hydrogen-bond donors (Lipinski definition) is 0. The van der Waals surface area contributed by atoms with Crippen molar-refractivity contribution in [2.75, 3.05) is 65.6 Å². The van der Waals surface area contributed by atoms with Gasteiger partial charge in [-0.2, -0.15) is 0 Å². The third-order valence-corrected chi connectivity index (χ3v) is 4.58. The van der Waals surface area contributed by atoms with Gasteiger partial charge in [-0.05, 0) is 46.7 Å². The molecule has 0 aromatic heterocycles. The summed E-state index contributed by atoms with van der Waals surface area (Å²) in [6.45, 7) is 15.1. The van der Waals surface area contributed by atoms with Gasteiger partial charge in [0.1, 0.15) is 5.60 Å². The molecule has 6 heteroatoms. The first-order chi connectivity index (χ1) is 11.4. The van der Waals surface area contributed by atoms with E-state index in [1.165, 1.54) is 32.4 Å². The maximum Gasteiger partial charge on any atom is 0.410 e. The molecule has 0 bridgehead atoms. The number of carbonyl (C=O) groups excluding carboxylic acids is 1. The predicted octanol–water partition coefficient (Wildman–Crippen LogP) is 2.04. The molecular formula is C18H35N3O3. The van der Waals surface area contributed by atoms with E-state index >= 15 is 0 Å². The molecule has 2 saturated heterocycles. The Bertz CT molecular complexity index is 370. The van der Waals surface area contributed by atoms with Gasteiger partial charge in [0.05, 0.1) is 13.2 Å². The van der Waals surface area contributed by atoms with E-state index in [1.54, 1.807) is 4.90 Å². The monoisotopic (exact) mass is 341 g/mol. The molecule has 0 aromatic rings. The molecule has 0 aliphatic carbocycles. The second kappa shape index (κ2) is 9.59. The lowest BCUT2D eigenvalue weighted by Crippen LogP contribution is -2.50. The summed E-state index contributed by atoms with van der Waals surface area (Å²) in [5.41, 5.74) is -0.420. The largest absolute Gasteiger partial charge is 0.444 e. The molecule has 24 heavy (non-hydrogen) atoms. The highest BCUT2D eigenvalue weighted by Gasteiger charge is 2.25. The molecular weight excluding hydrogens is 306 g/mol. The van der Waals surface area contributed by atoms with Gasteiger partial charge in [0.2, 0.25) is 0 Å². The molecule has 0 radical (unpaired) electrons. The van der Waals surface area contributed by atoms with Crippen LogP contribution in [0.5, 0.6) is 0 Å². The van der Waals surface area contributed by atoms with E-state index in [0.29, 0.717) is 0 Å². The fraction of sp³-hybridized carbons (Fsp3) is 0.944. The number of amides is 1. The van der Waals surface area contributed by atoms with Crippen molar-refractivity contribution in [1.82, 2.24) is 14.7 Å². The Balaban J connectivity index is 1.51. The topological polar surface area (TPSA) is 45.3 Å². The number of piperidine rings is 1. The molecule has 2 rings (SSSR count). The van der Waals surface area contributed by atoms with Crippen LogP contribution < -0.4 is 0 Å². The van der Waals surface area contributed by atoms with Crippen LogP contribution in [0.4, 0.5) is 4.79 Å². The van der Waals surface area contributed by atoms with Gasteiger partial charge in [0.15, 0.2) is 0 Å². The Labute approximate surface area is 147 Å². The Morgan fingerprint density at radius 1 is 0.833 bits per heavy atom. The van der Waals surface area contributed by atoms with Gasteiger partial charge in [-0.15, -0.1) is 0 Å². The van der Waals surface area contributed by atoms with E-state index in [-0.39, 0.29) is 6.09 Å². The summed E-state index contributed by atoms with van der Waals surface area (Å²) >= 11 is 0. The number of rotatable bonds is 6. The van der Waals surface area contributed by atoms with E-state index in [4.69, 9.17) is 9.47 Å². The average molecular weight is 341 g/mol. The van der Waals surface area contributed by atoms with Crippen molar-refractivity contribution in [3.63, 3.8) is 0 Å². The molecule has 1 amide bonds. The van der Waals surface area contributed by atoms with Crippen LogP contribution in [0.1, 0.15) is 40.0 Å². The zero-order chi connectivity index (χ0) is 17.4. The number of likely N-dealkylation sites (tertiary alicyclic amines) is 1. The molecule has 2 heterocycles. The molecule has 6 nitrogen and oxygen atoms in total. The molecule has 2 aliphatic heterocycles. The van der Waals surface area contributed by atoms with Crippen molar-refractivity contribution in [3.8, 4) is 0 Å². The number of piperazine rings is 1. The summed E-state index contributed by atoms with van der Waals surface area (Å²) < 4.78 is 11.2. The van der Waals surface area contributed by atoms with Crippen LogP contribution in [0.25, 0.3) is 0 Å². The van der Waals surface area contributed by atoms with Crippen molar-refractivity contribution < 1.29 is 14.3 Å². The third-order valence-electron chi connectivity index (χ3n) is 4.58. The lowest BCUT2D eigenvalue weighted by molar-refractivity contribution is 0.0109. The van der Waals surface area contributed by atoms with E-state index in [1.807, 2.05) is 20.8 Å². The van der Waals surface area contributed by atoms with Crippen LogP contribution in [-0.2, 0) is 9.47 Å². The quantitative estimate of drug-likeness (QED) is 0.692. The van der Waals surface area contributed by atoms with Gasteiger partial charge < -0.3 is 19.3 Å². The Morgan fingerprint density at radius 2 is 1.38 bits per heavy atom. The lowest BCUT2D eigenvalue weighted by Gasteiger charge is -2.35. The zero-order valence-electron chi connectivity index (χ0n) is 15.8. The number of hydrogen-bond acceptors (Lipinski definition) is 5. The highest BCUT2D eigenvalue weighted by molar-refractivity contribution is 5.68. The average Bonchev–Trinajstić information content (AvgIpc) is 2.54. The molecule has 0 saturated carbocycles. The van der Waals surface area contributed by atoms with E-state index in [9.17, 15) is 4.79 Å². The van der Waals surface area contributed by atoms with Crippen LogP contribution in [0.3, 0.4) is 0 Å². The van der Waals surface area contributed by atoms with Crippen molar-refractivity contribution in [2.45, 2.75) is 45.6 Å². The van der Waals surface area contributed by atoms with Crippen LogP contribution in [0, 0.1) is 0 Å². The number of nitrogens with zero attached hydrogens (tertiary/aromatic N) is 3. The Morgan fingerprint density at radius 3 is 1.92 bits per heavy atom. The maximum absolute atomic E-state index is 12.0. The molecule has 0 spiro atoms. The highest BCUT2D eigenvalue weighted by atomic mass is 16.6. The van der Waals surface area contributed by atoms with E-state index in [2.05, 4.69) is 9.80 Å². The zero-order valence-corrected chi connectivity index (χ0v) is 15.8. The summed E-state index contributed by atoms with van der Waals surface area (Å²) in [6.07, 6.45) is 3.86. The molecule has 0 aromatic carbocycles. The molecule has 0 unspecified atom stereocenters. The van der Waals surface area contributed by atoms with Crippen molar-refractivity contribution in [2.24, 2.45) is 0 Å². The SMILES string of the molecule is CC(C)(C)OC(=O)N1CCN(CCOCCN2CCCCC2)CC1. The normalized spacial score (nSPS) is 21.0. The molecule has 2 fully saturated rings. The lowest BCUT2D eigenvalue weighted by atomic mass is 10.1. The van der Waals surface area contributed by atoms with E-state index < -0.39 is 5.60 Å². The smallest absolute Gasteiger partial charge is 0.410 e. The first kappa shape index (κ1) is 19.5. The number of ether oxygens (including phenoxy) is 2. The summed E-state index contributed by atoms with van der Waals surface area (Å²) in [4.78, 5) is 18.7. The van der Waals surface area contributed by atoms with Crippen molar-refractivity contribution in [1.29, 1.82) is 0 Å². The molecule has 0 N–H and O–H groups in total. The minimum Gasteiger partial charge on any atom is -0.444 e. The number of carbonyl (C=O) groups is 1. The molecule has 140 valence electrons. The van der Waals surface area contributed by atoms with Gasteiger partial charge in [-0.1, -0.05) is 6.42 Å². The molecule has 0 atom stereocenters. The van der Waals surface area contributed by atoms with Crippen molar-refractivity contribution in [3.05, 3.63) is 0 Å². The molecule has 2 aliphatic rings. The van der Waals surface area contributed by atoms with Crippen LogP contribution in [0.15, 0.2) is 0 Å². The Hall–Kier alpha value is -0.850. The van der Waals surface area contributed by atoms with Crippen LogP contribution >= 0.6 is 0 Å². The van der Waals surface area contributed by atoms with E-state index in [0.717, 1.165) is 52.5 Å². The fourth-order valence-electron chi connectivity index (χ4n) is 3.15. The third kappa shape index (κ3) is 7.36. The standard InChI is InChI=1S/C18H35N3O3/c1-18(2,3)24-17(22)21-11-9-20(10-12-21)14-16-23-15-13-19-7-5-4-6-8-19/h4-16H2,1-3H3. The summed E-state index contributed by atoms with van der Waals surface area (Å²) in [5, 5.41) is 0. The van der Waals surface area contributed by atoms with Crippen LogP contribution in [0.2, 0.25) is 0 Å². The minimum atomic E-state index is -0.420. The summed E-state index contributed by atoms with van der Waals surface area (Å²) in [7, 11) is 0. The van der Waals surface area contributed by atoms with Gasteiger partial charge in [-0.25, -0.2) is 4.79 Å². The van der Waals surface area contributed by atoms with Gasteiger partial charge in [0.25, 0.3) is 0 Å². The van der Waals surface area contributed by atoms with Crippen molar-refractivity contribution >= 4 is 6.09 Å². The van der Waals surface area contributed by atoms with Crippen LogP contribution in [-0.4, -0.2) is 92.0 Å². The predicted molar refractivity (Wildman–Crippen MR) is 95.4 cm³/mol. The second-order valence-corrected chi connectivity index (χ2v) is 7.82.